The van der Waals surface area contributed by atoms with Crippen LogP contribution in [0, 0.1) is 11.8 Å². The van der Waals surface area contributed by atoms with E-state index in [1.165, 1.54) is 11.2 Å². The van der Waals surface area contributed by atoms with Crippen LogP contribution in [0.15, 0.2) is 6.33 Å². The Morgan fingerprint density at radius 2 is 1.88 bits per heavy atom. The summed E-state index contributed by atoms with van der Waals surface area (Å²) in [6.07, 6.45) is 2.22. The second kappa shape index (κ2) is 3.71. The van der Waals surface area contributed by atoms with Crippen molar-refractivity contribution in [2.24, 2.45) is 11.8 Å². The summed E-state index contributed by atoms with van der Waals surface area (Å²) in [6, 6.07) is 0. The molecule has 0 spiro atoms. The predicted octanol–water partition coefficient (Wildman–Crippen LogP) is 1.19. The highest BCUT2D eigenvalue weighted by molar-refractivity contribution is 6.40. The molecule has 2 heterocycles. The van der Waals surface area contributed by atoms with Crippen LogP contribution in [-0.2, 0) is 16.1 Å². The molecular weight excluding hydrogens is 265 g/mol. The minimum Gasteiger partial charge on any atom is -0.319 e. The summed E-state index contributed by atoms with van der Waals surface area (Å²) < 4.78 is 1.62. The van der Waals surface area contributed by atoms with Crippen molar-refractivity contribution in [2.75, 3.05) is 6.54 Å². The van der Waals surface area contributed by atoms with Crippen LogP contribution < -0.4 is 0 Å². The maximum Gasteiger partial charge on any atom is 0.233 e. The van der Waals surface area contributed by atoms with Crippen LogP contribution in [0.5, 0.6) is 0 Å². The summed E-state index contributed by atoms with van der Waals surface area (Å²) in [5.74, 6) is -0.210. The van der Waals surface area contributed by atoms with E-state index < -0.39 is 0 Å². The zero-order valence-corrected chi connectivity index (χ0v) is 10.3. The Morgan fingerprint density at radius 3 is 2.41 bits per heavy atom. The van der Waals surface area contributed by atoms with Crippen LogP contribution in [0.25, 0.3) is 0 Å². The number of rotatable bonds is 3. The van der Waals surface area contributed by atoms with Crippen LogP contribution in [0.1, 0.15) is 6.42 Å². The number of halogens is 2. The first-order chi connectivity index (χ1) is 8.09. The first-order valence-corrected chi connectivity index (χ1v) is 6.06. The van der Waals surface area contributed by atoms with Gasteiger partial charge in [0.15, 0.2) is 5.15 Å². The molecule has 2 fully saturated rings. The van der Waals surface area contributed by atoms with Crippen molar-refractivity contribution in [3.05, 3.63) is 16.6 Å². The molecule has 1 aliphatic heterocycles. The lowest BCUT2D eigenvalue weighted by Crippen LogP contribution is -2.35. The Labute approximate surface area is 107 Å². The van der Waals surface area contributed by atoms with E-state index in [2.05, 4.69) is 4.98 Å². The second-order valence-corrected chi connectivity index (χ2v) is 5.01. The van der Waals surface area contributed by atoms with Gasteiger partial charge in [-0.25, -0.2) is 4.98 Å². The zero-order valence-electron chi connectivity index (χ0n) is 8.77. The Balaban J connectivity index is 1.67. The van der Waals surface area contributed by atoms with E-state index in [-0.39, 0.29) is 28.8 Å². The number of carbonyl (C=O) groups is 2. The Bertz CT molecular complexity index is 494. The van der Waals surface area contributed by atoms with E-state index in [9.17, 15) is 9.59 Å². The molecule has 90 valence electrons. The van der Waals surface area contributed by atoms with Crippen LogP contribution in [0.2, 0.25) is 10.3 Å². The maximum atomic E-state index is 11.7. The van der Waals surface area contributed by atoms with E-state index in [0.29, 0.717) is 18.2 Å². The summed E-state index contributed by atoms with van der Waals surface area (Å²) in [6.45, 7) is 0.756. The molecular formula is C10H9Cl2N3O2. The summed E-state index contributed by atoms with van der Waals surface area (Å²) in [4.78, 5) is 28.5. The molecule has 2 aliphatic rings. The lowest BCUT2D eigenvalue weighted by Gasteiger charge is -2.16. The van der Waals surface area contributed by atoms with Crippen molar-refractivity contribution in [2.45, 2.75) is 13.0 Å². The van der Waals surface area contributed by atoms with Gasteiger partial charge in [-0.1, -0.05) is 23.2 Å². The lowest BCUT2D eigenvalue weighted by molar-refractivity contribution is -0.141. The van der Waals surface area contributed by atoms with Crippen molar-refractivity contribution in [3.8, 4) is 0 Å². The summed E-state index contributed by atoms with van der Waals surface area (Å²) >= 11 is 11.6. The van der Waals surface area contributed by atoms with Crippen molar-refractivity contribution in [3.63, 3.8) is 0 Å². The van der Waals surface area contributed by atoms with Gasteiger partial charge in [0.05, 0.1) is 18.2 Å². The molecule has 0 N–H and O–H groups in total. The van der Waals surface area contributed by atoms with Gasteiger partial charge in [-0.3, -0.25) is 14.5 Å². The van der Waals surface area contributed by atoms with Gasteiger partial charge in [0.25, 0.3) is 0 Å². The smallest absolute Gasteiger partial charge is 0.233 e. The lowest BCUT2D eigenvalue weighted by atomic mass is 10.4. The van der Waals surface area contributed by atoms with Gasteiger partial charge in [-0.15, -0.1) is 0 Å². The van der Waals surface area contributed by atoms with Crippen molar-refractivity contribution in [1.82, 2.24) is 14.5 Å². The topological polar surface area (TPSA) is 55.2 Å². The van der Waals surface area contributed by atoms with E-state index in [0.717, 1.165) is 6.42 Å². The number of imide groups is 1. The number of hydrogen-bond acceptors (Lipinski definition) is 3. The molecule has 0 radical (unpaired) electrons. The van der Waals surface area contributed by atoms with Gasteiger partial charge in [0.2, 0.25) is 11.8 Å². The molecule has 2 atom stereocenters. The third-order valence-corrected chi connectivity index (χ3v) is 4.02. The fourth-order valence-corrected chi connectivity index (χ4v) is 2.51. The van der Waals surface area contributed by atoms with E-state index >= 15 is 0 Å². The summed E-state index contributed by atoms with van der Waals surface area (Å²) in [5, 5.41) is 0.560. The van der Waals surface area contributed by atoms with Gasteiger partial charge in [-0.05, 0) is 6.42 Å². The first kappa shape index (κ1) is 11.0. The van der Waals surface area contributed by atoms with Crippen LogP contribution in [-0.4, -0.2) is 32.8 Å². The van der Waals surface area contributed by atoms with Crippen molar-refractivity contribution >= 4 is 35.0 Å². The molecule has 0 bridgehead atoms. The molecule has 1 aromatic heterocycles. The third kappa shape index (κ3) is 1.65. The second-order valence-electron chi connectivity index (χ2n) is 4.30. The number of piperidine rings is 1. The highest BCUT2D eigenvalue weighted by atomic mass is 35.5. The van der Waals surface area contributed by atoms with Gasteiger partial charge < -0.3 is 4.57 Å². The molecule has 17 heavy (non-hydrogen) atoms. The third-order valence-electron chi connectivity index (χ3n) is 3.25. The molecule has 7 heteroatoms. The zero-order chi connectivity index (χ0) is 12.2. The number of hydrogen-bond donors (Lipinski definition) is 0. The monoisotopic (exact) mass is 273 g/mol. The molecule has 0 aromatic carbocycles. The quantitative estimate of drug-likeness (QED) is 0.778. The van der Waals surface area contributed by atoms with Crippen molar-refractivity contribution in [1.29, 1.82) is 0 Å². The predicted molar refractivity (Wildman–Crippen MR) is 60.6 cm³/mol. The molecule has 1 saturated carbocycles. The van der Waals surface area contributed by atoms with Crippen LogP contribution in [0.3, 0.4) is 0 Å². The van der Waals surface area contributed by atoms with Gasteiger partial charge in [0.1, 0.15) is 5.15 Å². The molecule has 2 unspecified atom stereocenters. The number of nitrogens with zero attached hydrogens (tertiary/aromatic N) is 3. The van der Waals surface area contributed by atoms with Crippen LogP contribution in [0.4, 0.5) is 0 Å². The number of carbonyl (C=O) groups excluding carboxylic acids is 2. The number of likely N-dealkylation sites (tertiary alicyclic amines) is 1. The molecule has 1 aliphatic carbocycles. The molecule has 1 saturated heterocycles. The highest BCUT2D eigenvalue weighted by Gasteiger charge is 2.58. The summed E-state index contributed by atoms with van der Waals surface area (Å²) in [5.41, 5.74) is 0. The van der Waals surface area contributed by atoms with Gasteiger partial charge >= 0.3 is 0 Å². The maximum absolute atomic E-state index is 11.7. The highest BCUT2D eigenvalue weighted by Crippen LogP contribution is 2.46. The first-order valence-electron chi connectivity index (χ1n) is 5.31. The van der Waals surface area contributed by atoms with E-state index in [4.69, 9.17) is 23.2 Å². The fraction of sp³-hybridized carbons (Fsp3) is 0.500. The van der Waals surface area contributed by atoms with Gasteiger partial charge in [0, 0.05) is 13.1 Å². The molecule has 1 aromatic rings. The number of aromatic nitrogens is 2. The largest absolute Gasteiger partial charge is 0.319 e. The van der Waals surface area contributed by atoms with Gasteiger partial charge in [-0.2, -0.15) is 0 Å². The average Bonchev–Trinajstić information content (AvgIpc) is 2.99. The Kier molecular flexibility index (Phi) is 2.41. The number of imidazole rings is 1. The van der Waals surface area contributed by atoms with Crippen molar-refractivity contribution < 1.29 is 9.59 Å². The van der Waals surface area contributed by atoms with Crippen LogP contribution >= 0.6 is 23.2 Å². The SMILES string of the molecule is O=C1C2CC2C(=O)N1CCn1cnc(Cl)c1Cl. The summed E-state index contributed by atoms with van der Waals surface area (Å²) in [7, 11) is 0. The normalized spacial score (nSPS) is 26.6. The molecule has 2 amide bonds. The molecule has 3 rings (SSSR count). The minimum atomic E-state index is -0.0534. The molecule has 5 nitrogen and oxygen atoms in total. The van der Waals surface area contributed by atoms with E-state index in [1.54, 1.807) is 4.57 Å². The van der Waals surface area contributed by atoms with E-state index in [1.807, 2.05) is 0 Å². The number of fused-ring (bicyclic) bond motifs is 1. The Hall–Kier alpha value is -1.07. The fourth-order valence-electron chi connectivity index (χ4n) is 2.18. The Morgan fingerprint density at radius 1 is 1.24 bits per heavy atom. The number of amides is 2. The average molecular weight is 274 g/mol. The standard InChI is InChI=1S/C10H9Cl2N3O2/c11-7-8(12)14(4-13-7)1-2-15-9(16)5-3-6(5)10(15)17/h4-6H,1-3H2. The minimum absolute atomic E-state index is 0.0515.